The number of aryl methyl sites for hydroxylation is 2. The average molecular weight is 255 g/mol. The molecule has 17 heavy (non-hydrogen) atoms. The van der Waals surface area contributed by atoms with E-state index in [4.69, 9.17) is 5.73 Å². The topological polar surface area (TPSA) is 60.2 Å². The van der Waals surface area contributed by atoms with Crippen LogP contribution in [0.15, 0.2) is 18.2 Å². The molecule has 0 saturated heterocycles. The molecule has 4 heteroatoms. The Morgan fingerprint density at radius 2 is 1.88 bits per heavy atom. The lowest BCUT2D eigenvalue weighted by Crippen LogP contribution is -2.22. The number of hydrogen-bond acceptors (Lipinski definition) is 3. The third-order valence-electron chi connectivity index (χ3n) is 3.13. The van der Waals surface area contributed by atoms with Gasteiger partial charge < -0.3 is 5.73 Å². The van der Waals surface area contributed by atoms with Gasteiger partial charge >= 0.3 is 0 Å². The molecule has 0 aliphatic carbocycles. The average Bonchev–Trinajstić information content (AvgIpc) is 2.23. The van der Waals surface area contributed by atoms with E-state index in [2.05, 4.69) is 0 Å². The minimum atomic E-state index is -3.09. The van der Waals surface area contributed by atoms with Crippen LogP contribution < -0.4 is 5.73 Å². The first-order valence-corrected chi connectivity index (χ1v) is 7.56. The predicted octanol–water partition coefficient (Wildman–Crippen LogP) is 1.96. The number of benzene rings is 1. The molecule has 1 rings (SSSR count). The first-order chi connectivity index (χ1) is 7.86. The molecular formula is C13H21NO2S. The second kappa shape index (κ2) is 5.65. The van der Waals surface area contributed by atoms with Crippen molar-refractivity contribution in [3.05, 3.63) is 34.9 Å². The summed E-state index contributed by atoms with van der Waals surface area (Å²) in [5.74, 6) is 0.106. The van der Waals surface area contributed by atoms with Gasteiger partial charge in [0.1, 0.15) is 0 Å². The molecule has 1 atom stereocenters. The fourth-order valence-electron chi connectivity index (χ4n) is 1.68. The zero-order valence-corrected chi connectivity index (χ0v) is 11.5. The van der Waals surface area contributed by atoms with Crippen molar-refractivity contribution >= 4 is 9.84 Å². The summed E-state index contributed by atoms with van der Waals surface area (Å²) in [6, 6.07) is 5.80. The second-order valence-corrected chi connectivity index (χ2v) is 7.03. The van der Waals surface area contributed by atoms with Gasteiger partial charge in [-0.15, -0.1) is 0 Å². The van der Waals surface area contributed by atoms with Gasteiger partial charge in [-0.05, 0) is 50.4 Å². The van der Waals surface area contributed by atoms with Crippen LogP contribution in [0.3, 0.4) is 0 Å². The van der Waals surface area contributed by atoms with Gasteiger partial charge in [0.05, 0.1) is 11.0 Å². The van der Waals surface area contributed by atoms with Crippen LogP contribution in [0.5, 0.6) is 0 Å². The van der Waals surface area contributed by atoms with Crippen LogP contribution in [0.4, 0.5) is 0 Å². The van der Waals surface area contributed by atoms with E-state index in [-0.39, 0.29) is 11.0 Å². The normalized spacial score (nSPS) is 13.6. The van der Waals surface area contributed by atoms with Gasteiger partial charge in [-0.25, -0.2) is 8.42 Å². The summed E-state index contributed by atoms with van der Waals surface area (Å²) in [6.45, 7) is 6.15. The molecule has 3 nitrogen and oxygen atoms in total. The molecule has 0 radical (unpaired) electrons. The summed E-state index contributed by atoms with van der Waals surface area (Å²) in [7, 11) is -3.09. The third-order valence-corrected chi connectivity index (χ3v) is 5.32. The minimum Gasteiger partial charge on any atom is -0.330 e. The molecule has 0 saturated carbocycles. The van der Waals surface area contributed by atoms with Crippen molar-refractivity contribution in [2.45, 2.75) is 38.2 Å². The molecule has 0 aliphatic rings. The summed E-state index contributed by atoms with van der Waals surface area (Å²) < 4.78 is 24.1. The lowest BCUT2D eigenvalue weighted by atomic mass is 10.1. The van der Waals surface area contributed by atoms with E-state index in [9.17, 15) is 8.42 Å². The molecule has 0 heterocycles. The maximum Gasteiger partial charge on any atom is 0.157 e. The second-order valence-electron chi connectivity index (χ2n) is 4.61. The van der Waals surface area contributed by atoms with Crippen LogP contribution in [0.1, 0.15) is 30.0 Å². The Labute approximate surface area is 104 Å². The summed E-state index contributed by atoms with van der Waals surface area (Å²) in [5.41, 5.74) is 8.57. The highest BCUT2D eigenvalue weighted by Crippen LogP contribution is 2.16. The molecule has 0 amide bonds. The first kappa shape index (κ1) is 14.2. The predicted molar refractivity (Wildman–Crippen MR) is 71.7 cm³/mol. The Kier molecular flexibility index (Phi) is 4.71. The van der Waals surface area contributed by atoms with Crippen LogP contribution in [0.2, 0.25) is 0 Å². The van der Waals surface area contributed by atoms with E-state index >= 15 is 0 Å². The van der Waals surface area contributed by atoms with Gasteiger partial charge in [0.15, 0.2) is 9.84 Å². The van der Waals surface area contributed by atoms with Crippen molar-refractivity contribution in [2.24, 2.45) is 5.73 Å². The highest BCUT2D eigenvalue weighted by molar-refractivity contribution is 7.91. The molecule has 0 fully saturated rings. The van der Waals surface area contributed by atoms with E-state index < -0.39 is 9.84 Å². The van der Waals surface area contributed by atoms with Crippen LogP contribution >= 0.6 is 0 Å². The monoisotopic (exact) mass is 255 g/mol. The standard InChI is InChI=1S/C13H21NO2S/c1-10-4-5-13(8-11(10)2)9-17(15,16)12(3)6-7-14/h4-5,8,12H,6-7,9,14H2,1-3H3. The van der Waals surface area contributed by atoms with E-state index in [0.29, 0.717) is 13.0 Å². The maximum atomic E-state index is 12.0. The largest absolute Gasteiger partial charge is 0.330 e. The SMILES string of the molecule is Cc1ccc(CS(=O)(=O)C(C)CCN)cc1C. The molecule has 1 aromatic carbocycles. The Morgan fingerprint density at radius 1 is 1.24 bits per heavy atom. The van der Waals surface area contributed by atoms with Gasteiger partial charge in [-0.3, -0.25) is 0 Å². The third kappa shape index (κ3) is 3.82. The fourth-order valence-corrected chi connectivity index (χ4v) is 3.11. The molecule has 0 bridgehead atoms. The quantitative estimate of drug-likeness (QED) is 0.875. The van der Waals surface area contributed by atoms with Crippen LogP contribution in [0, 0.1) is 13.8 Å². The first-order valence-electron chi connectivity index (χ1n) is 5.84. The van der Waals surface area contributed by atoms with Crippen molar-refractivity contribution in [3.8, 4) is 0 Å². The molecule has 0 spiro atoms. The van der Waals surface area contributed by atoms with Gasteiger partial charge in [-0.2, -0.15) is 0 Å². The van der Waals surface area contributed by atoms with E-state index in [1.54, 1.807) is 6.92 Å². The van der Waals surface area contributed by atoms with Crippen LogP contribution in [0.25, 0.3) is 0 Å². The van der Waals surface area contributed by atoms with E-state index in [0.717, 1.165) is 11.1 Å². The van der Waals surface area contributed by atoms with Crippen LogP contribution in [-0.2, 0) is 15.6 Å². The zero-order valence-electron chi connectivity index (χ0n) is 10.7. The highest BCUT2D eigenvalue weighted by atomic mass is 32.2. The van der Waals surface area contributed by atoms with Crippen molar-refractivity contribution in [1.82, 2.24) is 0 Å². The van der Waals surface area contributed by atoms with Crippen molar-refractivity contribution < 1.29 is 8.42 Å². The summed E-state index contributed by atoms with van der Waals surface area (Å²) in [5, 5.41) is -0.367. The van der Waals surface area contributed by atoms with Gasteiger partial charge in [-0.1, -0.05) is 18.2 Å². The van der Waals surface area contributed by atoms with Gasteiger partial charge in [0, 0.05) is 0 Å². The molecule has 2 N–H and O–H groups in total. The lowest BCUT2D eigenvalue weighted by Gasteiger charge is -2.12. The Balaban J connectivity index is 2.86. The number of nitrogens with two attached hydrogens (primary N) is 1. The Morgan fingerprint density at radius 3 is 2.41 bits per heavy atom. The summed E-state index contributed by atoms with van der Waals surface area (Å²) >= 11 is 0. The number of sulfone groups is 1. The van der Waals surface area contributed by atoms with E-state index in [1.165, 1.54) is 5.56 Å². The molecular weight excluding hydrogens is 234 g/mol. The van der Waals surface area contributed by atoms with Gasteiger partial charge in [0.2, 0.25) is 0 Å². The van der Waals surface area contributed by atoms with Crippen molar-refractivity contribution in [1.29, 1.82) is 0 Å². The molecule has 1 aromatic rings. The molecule has 0 aromatic heterocycles. The Bertz CT molecular complexity index is 480. The maximum absolute atomic E-state index is 12.0. The van der Waals surface area contributed by atoms with Crippen LogP contribution in [-0.4, -0.2) is 20.2 Å². The molecule has 1 unspecified atom stereocenters. The zero-order chi connectivity index (χ0) is 13.1. The minimum absolute atomic E-state index is 0.106. The smallest absolute Gasteiger partial charge is 0.157 e. The number of rotatable bonds is 5. The van der Waals surface area contributed by atoms with Crippen molar-refractivity contribution in [3.63, 3.8) is 0 Å². The molecule has 0 aliphatic heterocycles. The number of hydrogen-bond donors (Lipinski definition) is 1. The van der Waals surface area contributed by atoms with E-state index in [1.807, 2.05) is 32.0 Å². The van der Waals surface area contributed by atoms with Gasteiger partial charge in [0.25, 0.3) is 0 Å². The summed E-state index contributed by atoms with van der Waals surface area (Å²) in [6.07, 6.45) is 0.521. The summed E-state index contributed by atoms with van der Waals surface area (Å²) in [4.78, 5) is 0. The highest BCUT2D eigenvalue weighted by Gasteiger charge is 2.20. The lowest BCUT2D eigenvalue weighted by molar-refractivity contribution is 0.577. The van der Waals surface area contributed by atoms with Crippen molar-refractivity contribution in [2.75, 3.05) is 6.54 Å². The fraction of sp³-hybridized carbons (Fsp3) is 0.538. The molecule has 96 valence electrons. The Hall–Kier alpha value is -0.870.